The average molecular weight is 483 g/mol. The van der Waals surface area contributed by atoms with E-state index in [-0.39, 0.29) is 24.5 Å². The van der Waals surface area contributed by atoms with Gasteiger partial charge in [-0.15, -0.1) is 0 Å². The lowest BCUT2D eigenvalue weighted by Gasteiger charge is -2.32. The lowest BCUT2D eigenvalue weighted by molar-refractivity contribution is 0.0693. The van der Waals surface area contributed by atoms with Crippen molar-refractivity contribution in [1.29, 1.82) is 0 Å². The number of carbonyl (C=O) groups excluding carboxylic acids is 2. The van der Waals surface area contributed by atoms with Gasteiger partial charge in [-0.1, -0.05) is 59.6 Å². The van der Waals surface area contributed by atoms with Crippen LogP contribution in [0.3, 0.4) is 0 Å². The zero-order valence-electron chi connectivity index (χ0n) is 18.0. The zero-order chi connectivity index (χ0) is 23.2. The molecular formula is C26H24Cl2N2O3. The van der Waals surface area contributed by atoms with Crippen molar-refractivity contribution < 1.29 is 14.3 Å². The molecular weight excluding hydrogens is 459 g/mol. The van der Waals surface area contributed by atoms with Crippen molar-refractivity contribution in [2.24, 2.45) is 0 Å². The number of ether oxygens (including phenoxy) is 1. The first kappa shape index (κ1) is 23.1. The Morgan fingerprint density at radius 2 is 1.64 bits per heavy atom. The van der Waals surface area contributed by atoms with Gasteiger partial charge in [0, 0.05) is 40.3 Å². The number of piperidine rings is 1. The molecule has 0 atom stereocenters. The number of carbonyl (C=O) groups is 2. The molecule has 7 heteroatoms. The molecule has 1 fully saturated rings. The molecule has 3 aromatic rings. The highest BCUT2D eigenvalue weighted by atomic mass is 35.5. The van der Waals surface area contributed by atoms with Crippen LogP contribution in [0.2, 0.25) is 10.0 Å². The Labute approximate surface area is 203 Å². The zero-order valence-corrected chi connectivity index (χ0v) is 19.5. The molecule has 0 bridgehead atoms. The molecule has 0 aromatic heterocycles. The highest BCUT2D eigenvalue weighted by Crippen LogP contribution is 2.26. The number of benzene rings is 3. The standard InChI is InChI=1S/C26H24Cl2N2O3/c27-20-11-10-19(23(28)16-20)17-33-24-9-5-4-8-22(24)26(32)30-14-12-21(13-15-30)29-25(31)18-6-2-1-3-7-18/h1-11,16,21H,12-15,17H2,(H,29,31). The van der Waals surface area contributed by atoms with Gasteiger partial charge in [0.1, 0.15) is 12.4 Å². The fourth-order valence-corrected chi connectivity index (χ4v) is 4.28. The summed E-state index contributed by atoms with van der Waals surface area (Å²) in [5.74, 6) is 0.341. The van der Waals surface area contributed by atoms with Crippen molar-refractivity contribution in [3.63, 3.8) is 0 Å². The molecule has 0 aliphatic carbocycles. The van der Waals surface area contributed by atoms with Crippen LogP contribution in [0.25, 0.3) is 0 Å². The van der Waals surface area contributed by atoms with Crippen LogP contribution in [0.5, 0.6) is 5.75 Å². The van der Waals surface area contributed by atoms with Crippen LogP contribution in [0.4, 0.5) is 0 Å². The van der Waals surface area contributed by atoms with Gasteiger partial charge >= 0.3 is 0 Å². The van der Waals surface area contributed by atoms with E-state index in [1.54, 1.807) is 36.4 Å². The van der Waals surface area contributed by atoms with E-state index in [9.17, 15) is 9.59 Å². The number of hydrogen-bond acceptors (Lipinski definition) is 3. The summed E-state index contributed by atoms with van der Waals surface area (Å²) in [6.07, 6.45) is 1.40. The molecule has 1 heterocycles. The molecule has 0 radical (unpaired) electrons. The molecule has 3 aromatic carbocycles. The summed E-state index contributed by atoms with van der Waals surface area (Å²) in [7, 11) is 0. The molecule has 4 rings (SSSR count). The van der Waals surface area contributed by atoms with E-state index in [4.69, 9.17) is 27.9 Å². The fourth-order valence-electron chi connectivity index (χ4n) is 3.82. The largest absolute Gasteiger partial charge is 0.488 e. The SMILES string of the molecule is O=C(NC1CCN(C(=O)c2ccccc2OCc2ccc(Cl)cc2Cl)CC1)c1ccccc1. The molecule has 1 aliphatic heterocycles. The maximum Gasteiger partial charge on any atom is 0.257 e. The molecule has 0 unspecified atom stereocenters. The lowest BCUT2D eigenvalue weighted by atomic mass is 10.0. The Morgan fingerprint density at radius 3 is 2.36 bits per heavy atom. The summed E-state index contributed by atoms with van der Waals surface area (Å²) in [6.45, 7) is 1.36. The molecule has 1 aliphatic rings. The first-order chi connectivity index (χ1) is 16.0. The van der Waals surface area contributed by atoms with Gasteiger partial charge in [-0.3, -0.25) is 9.59 Å². The van der Waals surface area contributed by atoms with Crippen molar-refractivity contribution >= 4 is 35.0 Å². The Morgan fingerprint density at radius 1 is 0.939 bits per heavy atom. The summed E-state index contributed by atoms with van der Waals surface area (Å²) in [5.41, 5.74) is 1.94. The second kappa shape index (κ2) is 10.7. The molecule has 0 spiro atoms. The maximum atomic E-state index is 13.2. The Balaban J connectivity index is 1.35. The molecule has 5 nitrogen and oxygen atoms in total. The van der Waals surface area contributed by atoms with Gasteiger partial charge in [-0.2, -0.15) is 0 Å². The summed E-state index contributed by atoms with van der Waals surface area (Å²) in [6, 6.07) is 21.6. The third-order valence-corrected chi connectivity index (χ3v) is 6.26. The molecule has 1 N–H and O–H groups in total. The van der Waals surface area contributed by atoms with E-state index in [0.29, 0.717) is 52.9 Å². The second-order valence-corrected chi connectivity index (χ2v) is 8.77. The maximum absolute atomic E-state index is 13.2. The Bertz CT molecular complexity index is 1130. The van der Waals surface area contributed by atoms with Crippen LogP contribution >= 0.6 is 23.2 Å². The smallest absolute Gasteiger partial charge is 0.257 e. The molecule has 0 saturated carbocycles. The highest BCUT2D eigenvalue weighted by molar-refractivity contribution is 6.35. The van der Waals surface area contributed by atoms with Gasteiger partial charge in [-0.05, 0) is 49.2 Å². The number of nitrogens with one attached hydrogen (secondary N) is 1. The normalized spacial score (nSPS) is 14.1. The van der Waals surface area contributed by atoms with Gasteiger partial charge in [0.05, 0.1) is 5.56 Å². The predicted molar refractivity (Wildman–Crippen MR) is 130 cm³/mol. The minimum atomic E-state index is -0.0833. The quantitative estimate of drug-likeness (QED) is 0.496. The number of likely N-dealkylation sites (tertiary alicyclic amines) is 1. The van der Waals surface area contributed by atoms with Crippen molar-refractivity contribution in [2.45, 2.75) is 25.5 Å². The topological polar surface area (TPSA) is 58.6 Å². The Kier molecular flexibility index (Phi) is 7.53. The predicted octanol–water partition coefficient (Wildman–Crippen LogP) is 5.61. The number of para-hydroxylation sites is 1. The number of halogens is 2. The van der Waals surface area contributed by atoms with Crippen LogP contribution in [0.15, 0.2) is 72.8 Å². The summed E-state index contributed by atoms with van der Waals surface area (Å²) in [5, 5.41) is 4.15. The first-order valence-corrected chi connectivity index (χ1v) is 11.6. The number of rotatable bonds is 6. The summed E-state index contributed by atoms with van der Waals surface area (Å²) in [4.78, 5) is 27.4. The molecule has 33 heavy (non-hydrogen) atoms. The Hall–Kier alpha value is -3.02. The second-order valence-electron chi connectivity index (χ2n) is 7.93. The summed E-state index contributed by atoms with van der Waals surface area (Å²) < 4.78 is 5.95. The highest BCUT2D eigenvalue weighted by Gasteiger charge is 2.26. The van der Waals surface area contributed by atoms with Gasteiger partial charge in [-0.25, -0.2) is 0 Å². The number of nitrogens with zero attached hydrogens (tertiary/aromatic N) is 1. The van der Waals surface area contributed by atoms with Crippen molar-refractivity contribution in [1.82, 2.24) is 10.2 Å². The average Bonchev–Trinajstić information content (AvgIpc) is 2.84. The van der Waals surface area contributed by atoms with E-state index < -0.39 is 0 Å². The van der Waals surface area contributed by atoms with Gasteiger partial charge in [0.15, 0.2) is 0 Å². The van der Waals surface area contributed by atoms with Crippen LogP contribution in [-0.4, -0.2) is 35.8 Å². The van der Waals surface area contributed by atoms with Crippen LogP contribution in [0.1, 0.15) is 39.1 Å². The molecule has 170 valence electrons. The lowest BCUT2D eigenvalue weighted by Crippen LogP contribution is -2.46. The number of amides is 2. The van der Waals surface area contributed by atoms with E-state index in [1.165, 1.54) is 0 Å². The fraction of sp³-hybridized carbons (Fsp3) is 0.231. The third kappa shape index (κ3) is 5.86. The number of hydrogen-bond donors (Lipinski definition) is 1. The van der Waals surface area contributed by atoms with Crippen molar-refractivity contribution in [2.75, 3.05) is 13.1 Å². The van der Waals surface area contributed by atoms with E-state index in [0.717, 1.165) is 5.56 Å². The minimum Gasteiger partial charge on any atom is -0.488 e. The third-order valence-electron chi connectivity index (χ3n) is 5.67. The van der Waals surface area contributed by atoms with Crippen molar-refractivity contribution in [3.8, 4) is 5.75 Å². The van der Waals surface area contributed by atoms with E-state index in [1.807, 2.05) is 41.3 Å². The molecule has 2 amide bonds. The first-order valence-electron chi connectivity index (χ1n) is 10.8. The molecule has 1 saturated heterocycles. The summed E-state index contributed by atoms with van der Waals surface area (Å²) >= 11 is 12.2. The minimum absolute atomic E-state index is 0.0419. The van der Waals surface area contributed by atoms with Crippen LogP contribution in [-0.2, 0) is 6.61 Å². The monoisotopic (exact) mass is 482 g/mol. The van der Waals surface area contributed by atoms with Gasteiger partial charge in [0.25, 0.3) is 11.8 Å². The van der Waals surface area contributed by atoms with Gasteiger partial charge < -0.3 is 15.0 Å². The van der Waals surface area contributed by atoms with Gasteiger partial charge in [0.2, 0.25) is 0 Å². The van der Waals surface area contributed by atoms with Crippen molar-refractivity contribution in [3.05, 3.63) is 99.5 Å². The van der Waals surface area contributed by atoms with E-state index >= 15 is 0 Å². The van der Waals surface area contributed by atoms with Crippen LogP contribution < -0.4 is 10.1 Å². The van der Waals surface area contributed by atoms with E-state index in [2.05, 4.69) is 5.32 Å². The van der Waals surface area contributed by atoms with Crippen LogP contribution in [0, 0.1) is 0 Å².